The Bertz CT molecular complexity index is 380. The van der Waals surface area contributed by atoms with E-state index in [1.54, 1.807) is 19.1 Å². The highest BCUT2D eigenvalue weighted by molar-refractivity contribution is 6.00. The van der Waals surface area contributed by atoms with Crippen LogP contribution < -0.4 is 0 Å². The van der Waals surface area contributed by atoms with E-state index in [1.807, 2.05) is 20.8 Å². The summed E-state index contributed by atoms with van der Waals surface area (Å²) < 4.78 is 13.3. The molecule has 15 heavy (non-hydrogen) atoms. The lowest BCUT2D eigenvalue weighted by atomic mass is 9.82. The molecule has 0 saturated heterocycles. The molecule has 0 radical (unpaired) electrons. The third kappa shape index (κ3) is 2.44. The van der Waals surface area contributed by atoms with E-state index in [0.29, 0.717) is 11.1 Å². The highest BCUT2D eigenvalue weighted by Crippen LogP contribution is 2.26. The number of carbonyl (C=O) groups is 1. The summed E-state index contributed by atoms with van der Waals surface area (Å²) in [6.07, 6.45) is 0.751. The fourth-order valence-corrected chi connectivity index (χ4v) is 1.29. The van der Waals surface area contributed by atoms with Gasteiger partial charge < -0.3 is 0 Å². The molecule has 0 fully saturated rings. The van der Waals surface area contributed by atoms with Gasteiger partial charge >= 0.3 is 0 Å². The molecule has 0 aliphatic rings. The van der Waals surface area contributed by atoms with Crippen molar-refractivity contribution in [2.24, 2.45) is 5.41 Å². The van der Waals surface area contributed by atoms with E-state index in [1.165, 1.54) is 6.07 Å². The Balaban J connectivity index is 3.08. The zero-order chi connectivity index (χ0) is 11.6. The third-order valence-corrected chi connectivity index (χ3v) is 2.93. The minimum absolute atomic E-state index is 0.00361. The molecule has 0 bridgehead atoms. The predicted molar refractivity (Wildman–Crippen MR) is 59.5 cm³/mol. The number of benzene rings is 1. The van der Waals surface area contributed by atoms with Crippen molar-refractivity contribution in [3.63, 3.8) is 0 Å². The minimum atomic E-state index is -0.415. The van der Waals surface area contributed by atoms with Crippen LogP contribution in [0.3, 0.4) is 0 Å². The van der Waals surface area contributed by atoms with Crippen molar-refractivity contribution in [2.75, 3.05) is 0 Å². The van der Waals surface area contributed by atoms with Crippen molar-refractivity contribution in [2.45, 2.75) is 34.1 Å². The molecule has 0 spiro atoms. The van der Waals surface area contributed by atoms with Crippen molar-refractivity contribution >= 4 is 5.78 Å². The first-order chi connectivity index (χ1) is 6.88. The van der Waals surface area contributed by atoms with Crippen LogP contribution in [0.2, 0.25) is 0 Å². The molecular weight excluding hydrogens is 191 g/mol. The quantitative estimate of drug-likeness (QED) is 0.691. The molecule has 1 aromatic carbocycles. The van der Waals surface area contributed by atoms with Gasteiger partial charge in [-0.15, -0.1) is 0 Å². The van der Waals surface area contributed by atoms with Crippen LogP contribution in [0.5, 0.6) is 0 Å². The van der Waals surface area contributed by atoms with Crippen molar-refractivity contribution in [3.8, 4) is 0 Å². The smallest absolute Gasteiger partial charge is 0.168 e. The van der Waals surface area contributed by atoms with Crippen LogP contribution in [0.25, 0.3) is 0 Å². The van der Waals surface area contributed by atoms with Crippen LogP contribution >= 0.6 is 0 Å². The number of carbonyl (C=O) groups excluding carboxylic acids is 1. The van der Waals surface area contributed by atoms with Crippen LogP contribution in [0.1, 0.15) is 43.1 Å². The molecule has 0 saturated carbocycles. The standard InChI is InChI=1S/C13H17FO/c1-5-13(3,4)12(15)10-7-6-9(2)11(14)8-10/h6-8H,5H2,1-4H3. The number of rotatable bonds is 3. The number of ketones is 1. The van der Waals surface area contributed by atoms with Crippen molar-refractivity contribution < 1.29 is 9.18 Å². The van der Waals surface area contributed by atoms with E-state index in [-0.39, 0.29) is 11.6 Å². The third-order valence-electron chi connectivity index (χ3n) is 2.93. The molecular formula is C13H17FO. The molecule has 0 aliphatic carbocycles. The van der Waals surface area contributed by atoms with Gasteiger partial charge in [-0.3, -0.25) is 4.79 Å². The molecule has 0 heterocycles. The summed E-state index contributed by atoms with van der Waals surface area (Å²) in [6.45, 7) is 7.41. The van der Waals surface area contributed by atoms with Gasteiger partial charge in [0.05, 0.1) is 0 Å². The Morgan fingerprint density at radius 2 is 2.00 bits per heavy atom. The van der Waals surface area contributed by atoms with Gasteiger partial charge in [-0.25, -0.2) is 4.39 Å². The van der Waals surface area contributed by atoms with Gasteiger partial charge in [-0.2, -0.15) is 0 Å². The van der Waals surface area contributed by atoms with Crippen LogP contribution in [0, 0.1) is 18.2 Å². The molecule has 0 aliphatic heterocycles. The van der Waals surface area contributed by atoms with Gasteiger partial charge in [-0.1, -0.05) is 32.9 Å². The number of Topliss-reactive ketones (excluding diaryl/α,β-unsaturated/α-hetero) is 1. The number of hydrogen-bond acceptors (Lipinski definition) is 1. The summed E-state index contributed by atoms with van der Waals surface area (Å²) >= 11 is 0. The Hall–Kier alpha value is -1.18. The average molecular weight is 208 g/mol. The number of aryl methyl sites for hydroxylation is 1. The normalized spacial score (nSPS) is 11.5. The second-order valence-electron chi connectivity index (χ2n) is 4.53. The van der Waals surface area contributed by atoms with E-state index in [2.05, 4.69) is 0 Å². The monoisotopic (exact) mass is 208 g/mol. The van der Waals surface area contributed by atoms with Gasteiger partial charge in [0.2, 0.25) is 0 Å². The lowest BCUT2D eigenvalue weighted by Crippen LogP contribution is -2.23. The van der Waals surface area contributed by atoms with E-state index >= 15 is 0 Å². The fourth-order valence-electron chi connectivity index (χ4n) is 1.29. The summed E-state index contributed by atoms with van der Waals surface area (Å²) in [4.78, 5) is 12.0. The topological polar surface area (TPSA) is 17.1 Å². The first-order valence-electron chi connectivity index (χ1n) is 5.19. The largest absolute Gasteiger partial charge is 0.294 e. The van der Waals surface area contributed by atoms with E-state index in [4.69, 9.17) is 0 Å². The first-order valence-corrected chi connectivity index (χ1v) is 5.19. The molecule has 0 unspecified atom stereocenters. The zero-order valence-electron chi connectivity index (χ0n) is 9.73. The van der Waals surface area contributed by atoms with E-state index < -0.39 is 5.41 Å². The predicted octanol–water partition coefficient (Wildman–Crippen LogP) is 3.75. The van der Waals surface area contributed by atoms with Crippen molar-refractivity contribution in [1.29, 1.82) is 0 Å². The lowest BCUT2D eigenvalue weighted by molar-refractivity contribution is 0.0832. The highest BCUT2D eigenvalue weighted by atomic mass is 19.1. The molecule has 0 atom stereocenters. The SMILES string of the molecule is CCC(C)(C)C(=O)c1ccc(C)c(F)c1. The van der Waals surface area contributed by atoms with Gasteiger partial charge in [0.15, 0.2) is 5.78 Å². The lowest BCUT2D eigenvalue weighted by Gasteiger charge is -2.20. The molecule has 82 valence electrons. The molecule has 0 amide bonds. The second kappa shape index (κ2) is 4.13. The molecule has 0 N–H and O–H groups in total. The molecule has 0 aromatic heterocycles. The maximum Gasteiger partial charge on any atom is 0.168 e. The Morgan fingerprint density at radius 1 is 1.40 bits per heavy atom. The summed E-state index contributed by atoms with van der Waals surface area (Å²) in [5, 5.41) is 0. The zero-order valence-corrected chi connectivity index (χ0v) is 9.73. The van der Waals surface area contributed by atoms with Crippen LogP contribution in [-0.2, 0) is 0 Å². The minimum Gasteiger partial charge on any atom is -0.294 e. The van der Waals surface area contributed by atoms with Gasteiger partial charge in [0, 0.05) is 11.0 Å². The number of halogens is 1. The molecule has 1 aromatic rings. The Labute approximate surface area is 90.3 Å². The van der Waals surface area contributed by atoms with E-state index in [9.17, 15) is 9.18 Å². The van der Waals surface area contributed by atoms with Crippen molar-refractivity contribution in [3.05, 3.63) is 35.1 Å². The highest BCUT2D eigenvalue weighted by Gasteiger charge is 2.26. The number of hydrogen-bond donors (Lipinski definition) is 0. The maximum atomic E-state index is 13.3. The average Bonchev–Trinajstić information content (AvgIpc) is 2.21. The van der Waals surface area contributed by atoms with E-state index in [0.717, 1.165) is 6.42 Å². The van der Waals surface area contributed by atoms with Gasteiger partial charge in [-0.05, 0) is 25.0 Å². The molecule has 1 nitrogen and oxygen atoms in total. The summed E-state index contributed by atoms with van der Waals surface area (Å²) in [6, 6.07) is 4.67. The van der Waals surface area contributed by atoms with Crippen molar-refractivity contribution in [1.82, 2.24) is 0 Å². The molecule has 2 heteroatoms. The van der Waals surface area contributed by atoms with Crippen LogP contribution in [0.15, 0.2) is 18.2 Å². The Kier molecular flexibility index (Phi) is 3.28. The first kappa shape index (κ1) is 11.9. The molecule has 1 rings (SSSR count). The Morgan fingerprint density at radius 3 is 2.47 bits per heavy atom. The van der Waals surface area contributed by atoms with Crippen LogP contribution in [-0.4, -0.2) is 5.78 Å². The maximum absolute atomic E-state index is 13.3. The fraction of sp³-hybridized carbons (Fsp3) is 0.462. The second-order valence-corrected chi connectivity index (χ2v) is 4.53. The summed E-state index contributed by atoms with van der Waals surface area (Å²) in [7, 11) is 0. The van der Waals surface area contributed by atoms with Gasteiger partial charge in [0.25, 0.3) is 0 Å². The van der Waals surface area contributed by atoms with Crippen LogP contribution in [0.4, 0.5) is 4.39 Å². The summed E-state index contributed by atoms with van der Waals surface area (Å²) in [5.74, 6) is -0.309. The summed E-state index contributed by atoms with van der Waals surface area (Å²) in [5.41, 5.74) is 0.618. The van der Waals surface area contributed by atoms with Gasteiger partial charge in [0.1, 0.15) is 5.82 Å².